The minimum Gasteiger partial charge on any atom is -0.489 e. The first-order valence-corrected chi connectivity index (χ1v) is 10.9. The molecule has 2 aromatic carbocycles. The Bertz CT molecular complexity index is 769. The second-order valence-electron chi connectivity index (χ2n) is 7.84. The van der Waals surface area contributed by atoms with E-state index in [4.69, 9.17) is 9.47 Å². The second-order valence-corrected chi connectivity index (χ2v) is 8.64. The quantitative estimate of drug-likeness (QED) is 0.381. The summed E-state index contributed by atoms with van der Waals surface area (Å²) in [7, 11) is 4.33. The first-order chi connectivity index (χ1) is 13.8. The number of hydrogen-bond acceptors (Lipinski definition) is 4. The molecule has 0 amide bonds. The SMILES string of the molecule is COC(=O)c1ccc(OCc2ccccc2)c(C(P)CCN(C(C)C)C(C)C)c1. The number of benzene rings is 2. The number of nitrogens with zero attached hydrogens (tertiary/aromatic N) is 1. The Morgan fingerprint density at radius 1 is 1.03 bits per heavy atom. The van der Waals surface area contributed by atoms with Gasteiger partial charge in [0.05, 0.1) is 12.7 Å². The molecule has 0 saturated carbocycles. The summed E-state index contributed by atoms with van der Waals surface area (Å²) < 4.78 is 11.0. The lowest BCUT2D eigenvalue weighted by molar-refractivity contribution is 0.0600. The van der Waals surface area contributed by atoms with Gasteiger partial charge in [-0.25, -0.2) is 4.79 Å². The normalized spacial score (nSPS) is 12.4. The van der Waals surface area contributed by atoms with Crippen molar-refractivity contribution in [1.29, 1.82) is 0 Å². The molecule has 2 atom stereocenters. The van der Waals surface area contributed by atoms with Crippen molar-refractivity contribution in [3.8, 4) is 5.75 Å². The molecule has 29 heavy (non-hydrogen) atoms. The van der Waals surface area contributed by atoms with E-state index in [1.807, 2.05) is 42.5 Å². The number of carbonyl (C=O) groups excluding carboxylic acids is 1. The number of carbonyl (C=O) groups is 1. The highest BCUT2D eigenvalue weighted by Crippen LogP contribution is 2.36. The Kier molecular flexibility index (Phi) is 9.13. The maximum absolute atomic E-state index is 12.0. The summed E-state index contributed by atoms with van der Waals surface area (Å²) in [6, 6.07) is 16.6. The van der Waals surface area contributed by atoms with E-state index in [0.717, 1.165) is 29.8 Å². The van der Waals surface area contributed by atoms with Crippen LogP contribution >= 0.6 is 9.24 Å². The smallest absolute Gasteiger partial charge is 0.337 e. The Morgan fingerprint density at radius 2 is 1.69 bits per heavy atom. The van der Waals surface area contributed by atoms with Crippen LogP contribution in [0.15, 0.2) is 48.5 Å². The van der Waals surface area contributed by atoms with Gasteiger partial charge in [0.2, 0.25) is 0 Å². The van der Waals surface area contributed by atoms with Crippen molar-refractivity contribution in [3.63, 3.8) is 0 Å². The third-order valence-electron chi connectivity index (χ3n) is 5.09. The third-order valence-corrected chi connectivity index (χ3v) is 5.78. The molecule has 0 spiro atoms. The van der Waals surface area contributed by atoms with Gasteiger partial charge in [-0.1, -0.05) is 30.3 Å². The zero-order valence-corrected chi connectivity index (χ0v) is 19.4. The van der Waals surface area contributed by atoms with Crippen molar-refractivity contribution in [1.82, 2.24) is 4.90 Å². The number of ether oxygens (including phenoxy) is 2. The van der Waals surface area contributed by atoms with Crippen LogP contribution in [0.25, 0.3) is 0 Å². The Labute approximate surface area is 177 Å². The number of hydrogen-bond donors (Lipinski definition) is 0. The predicted octanol–water partition coefficient (Wildman–Crippen LogP) is 5.48. The largest absolute Gasteiger partial charge is 0.489 e. The van der Waals surface area contributed by atoms with E-state index in [0.29, 0.717) is 24.3 Å². The maximum Gasteiger partial charge on any atom is 0.337 e. The summed E-state index contributed by atoms with van der Waals surface area (Å²) in [6.07, 6.45) is 0.952. The average Bonchev–Trinajstić information content (AvgIpc) is 2.71. The van der Waals surface area contributed by atoms with Gasteiger partial charge in [0.1, 0.15) is 12.4 Å². The molecule has 0 bridgehead atoms. The number of methoxy groups -OCH3 is 1. The molecule has 4 nitrogen and oxygen atoms in total. The molecule has 0 aliphatic rings. The topological polar surface area (TPSA) is 38.8 Å². The third kappa shape index (κ3) is 6.83. The van der Waals surface area contributed by atoms with Gasteiger partial charge in [-0.3, -0.25) is 4.90 Å². The van der Waals surface area contributed by atoms with Crippen molar-refractivity contribution in [3.05, 3.63) is 65.2 Å². The Hall–Kier alpha value is -1.90. The molecule has 5 heteroatoms. The standard InChI is InChI=1S/C24H34NO3P/c1-17(2)25(18(3)4)14-13-23(29)21-15-20(24(26)27-5)11-12-22(21)28-16-19-9-7-6-8-10-19/h6-12,15,17-18,23H,13-14,16,29H2,1-5H3. The Balaban J connectivity index is 2.21. The van der Waals surface area contributed by atoms with E-state index in [1.54, 1.807) is 6.07 Å². The van der Waals surface area contributed by atoms with Gasteiger partial charge in [0.15, 0.2) is 0 Å². The Morgan fingerprint density at radius 3 is 2.28 bits per heavy atom. The molecule has 0 fully saturated rings. The summed E-state index contributed by atoms with van der Waals surface area (Å²) >= 11 is 0. The van der Waals surface area contributed by atoms with Crippen LogP contribution in [0.5, 0.6) is 5.75 Å². The molecule has 0 N–H and O–H groups in total. The molecule has 0 radical (unpaired) electrons. The summed E-state index contributed by atoms with van der Waals surface area (Å²) in [5.41, 5.74) is 2.85. The maximum atomic E-state index is 12.0. The molecule has 0 saturated heterocycles. The van der Waals surface area contributed by atoms with Gasteiger partial charge in [0.25, 0.3) is 0 Å². The van der Waals surface area contributed by atoms with Crippen LogP contribution in [0.3, 0.4) is 0 Å². The van der Waals surface area contributed by atoms with E-state index in [2.05, 4.69) is 41.8 Å². The van der Waals surface area contributed by atoms with Crippen LogP contribution in [-0.4, -0.2) is 36.6 Å². The van der Waals surface area contributed by atoms with Gasteiger partial charge < -0.3 is 9.47 Å². The summed E-state index contributed by atoms with van der Waals surface area (Å²) in [4.78, 5) is 14.5. The van der Waals surface area contributed by atoms with Gasteiger partial charge >= 0.3 is 5.97 Å². The first-order valence-electron chi connectivity index (χ1n) is 10.2. The monoisotopic (exact) mass is 415 g/mol. The van der Waals surface area contributed by atoms with Crippen molar-refractivity contribution in [2.45, 2.75) is 58.5 Å². The van der Waals surface area contributed by atoms with Crippen molar-refractivity contribution >= 4 is 15.2 Å². The van der Waals surface area contributed by atoms with Crippen molar-refractivity contribution in [2.24, 2.45) is 0 Å². The average molecular weight is 416 g/mol. The van der Waals surface area contributed by atoms with Crippen molar-refractivity contribution in [2.75, 3.05) is 13.7 Å². The van der Waals surface area contributed by atoms with E-state index in [9.17, 15) is 4.79 Å². The van der Waals surface area contributed by atoms with E-state index >= 15 is 0 Å². The molecular weight excluding hydrogens is 381 g/mol. The lowest BCUT2D eigenvalue weighted by atomic mass is 10.0. The molecule has 0 heterocycles. The second kappa shape index (κ2) is 11.3. The summed E-state index contributed by atoms with van der Waals surface area (Å²) in [5, 5.41) is 0. The molecule has 0 aliphatic heterocycles. The fourth-order valence-electron chi connectivity index (χ4n) is 3.51. The molecule has 158 valence electrons. The predicted molar refractivity (Wildman–Crippen MR) is 123 cm³/mol. The van der Waals surface area contributed by atoms with E-state index < -0.39 is 0 Å². The van der Waals surface area contributed by atoms with E-state index in [1.165, 1.54) is 7.11 Å². The number of esters is 1. The van der Waals surface area contributed by atoms with Gasteiger partial charge in [-0.15, -0.1) is 9.24 Å². The molecule has 0 aliphatic carbocycles. The van der Waals surface area contributed by atoms with Gasteiger partial charge in [0, 0.05) is 23.3 Å². The lowest BCUT2D eigenvalue weighted by Crippen LogP contribution is -2.38. The van der Waals surface area contributed by atoms with Crippen molar-refractivity contribution < 1.29 is 14.3 Å². The van der Waals surface area contributed by atoms with Crippen LogP contribution in [0, 0.1) is 0 Å². The highest BCUT2D eigenvalue weighted by atomic mass is 31.0. The molecule has 2 aromatic rings. The minimum absolute atomic E-state index is 0.172. The first kappa shape index (κ1) is 23.4. The highest BCUT2D eigenvalue weighted by Gasteiger charge is 2.19. The van der Waals surface area contributed by atoms with Crippen LogP contribution < -0.4 is 4.74 Å². The number of rotatable bonds is 10. The van der Waals surface area contributed by atoms with E-state index in [-0.39, 0.29) is 11.6 Å². The lowest BCUT2D eigenvalue weighted by Gasteiger charge is -2.31. The molecular formula is C24H34NO3P. The summed E-state index contributed by atoms with van der Waals surface area (Å²) in [5.74, 6) is 0.478. The highest BCUT2D eigenvalue weighted by molar-refractivity contribution is 7.17. The summed E-state index contributed by atoms with van der Waals surface area (Å²) in [6.45, 7) is 10.4. The zero-order chi connectivity index (χ0) is 21.4. The molecule has 0 aromatic heterocycles. The zero-order valence-electron chi connectivity index (χ0n) is 18.2. The van der Waals surface area contributed by atoms with Crippen LogP contribution in [0.4, 0.5) is 0 Å². The molecule has 2 rings (SSSR count). The fourth-order valence-corrected chi connectivity index (χ4v) is 3.92. The molecule has 2 unspecified atom stereocenters. The minimum atomic E-state index is -0.330. The van der Waals surface area contributed by atoms with Crippen LogP contribution in [0.2, 0.25) is 0 Å². The van der Waals surface area contributed by atoms with Crippen LogP contribution in [-0.2, 0) is 11.3 Å². The van der Waals surface area contributed by atoms with Gasteiger partial charge in [-0.2, -0.15) is 0 Å². The van der Waals surface area contributed by atoms with Crippen LogP contribution in [0.1, 0.15) is 61.3 Å². The van der Waals surface area contributed by atoms with Gasteiger partial charge in [-0.05, 0) is 64.4 Å². The fraction of sp³-hybridized carbons (Fsp3) is 0.458.